The number of aryl methyl sites for hydroxylation is 1. The van der Waals surface area contributed by atoms with Crippen molar-refractivity contribution in [1.29, 1.82) is 0 Å². The van der Waals surface area contributed by atoms with Crippen molar-refractivity contribution in [3.63, 3.8) is 0 Å². The molecular weight excluding hydrogens is 356 g/mol. The van der Waals surface area contributed by atoms with Gasteiger partial charge in [-0.25, -0.2) is 8.42 Å². The molecule has 0 aromatic carbocycles. The molecule has 7 nitrogen and oxygen atoms in total. The van der Waals surface area contributed by atoms with Gasteiger partial charge in [0.2, 0.25) is 5.91 Å². The lowest BCUT2D eigenvalue weighted by atomic mass is 10.2. The van der Waals surface area contributed by atoms with E-state index in [4.69, 9.17) is 0 Å². The zero-order valence-corrected chi connectivity index (χ0v) is 15.4. The van der Waals surface area contributed by atoms with Crippen LogP contribution in [0.4, 0.5) is 0 Å². The molecule has 2 aliphatic rings. The van der Waals surface area contributed by atoms with Crippen LogP contribution in [0.2, 0.25) is 0 Å². The molecule has 1 atom stereocenters. The SMILES string of the molecule is Cc1nnc(SCC(=O)N2CCN(C3CCS(=O)(=O)C3)CC2)s1. The van der Waals surface area contributed by atoms with E-state index >= 15 is 0 Å². The van der Waals surface area contributed by atoms with Crippen molar-refractivity contribution in [2.75, 3.05) is 43.4 Å². The molecule has 1 aromatic heterocycles. The minimum atomic E-state index is -2.85. The van der Waals surface area contributed by atoms with Crippen LogP contribution < -0.4 is 0 Å². The largest absolute Gasteiger partial charge is 0.339 e. The van der Waals surface area contributed by atoms with E-state index in [1.54, 1.807) is 0 Å². The predicted molar refractivity (Wildman–Crippen MR) is 90.6 cm³/mol. The average Bonchev–Trinajstić information content (AvgIpc) is 3.10. The molecule has 1 amide bonds. The molecule has 23 heavy (non-hydrogen) atoms. The number of hydrogen-bond acceptors (Lipinski definition) is 8. The maximum atomic E-state index is 12.3. The Kier molecular flexibility index (Phi) is 5.24. The molecule has 3 heterocycles. The van der Waals surface area contributed by atoms with Crippen LogP contribution in [0.15, 0.2) is 4.34 Å². The number of nitrogens with zero attached hydrogens (tertiary/aromatic N) is 4. The number of carbonyl (C=O) groups excluding carboxylic acids is 1. The number of hydrogen-bond donors (Lipinski definition) is 0. The van der Waals surface area contributed by atoms with Gasteiger partial charge in [0.15, 0.2) is 14.2 Å². The fourth-order valence-corrected chi connectivity index (χ4v) is 6.43. The van der Waals surface area contributed by atoms with E-state index in [1.165, 1.54) is 23.1 Å². The molecule has 0 spiro atoms. The highest BCUT2D eigenvalue weighted by molar-refractivity contribution is 8.01. The van der Waals surface area contributed by atoms with Gasteiger partial charge in [-0.05, 0) is 13.3 Å². The molecule has 0 bridgehead atoms. The van der Waals surface area contributed by atoms with E-state index in [0.717, 1.165) is 28.9 Å². The first-order valence-electron chi connectivity index (χ1n) is 7.58. The van der Waals surface area contributed by atoms with E-state index in [1.807, 2.05) is 11.8 Å². The summed E-state index contributed by atoms with van der Waals surface area (Å²) in [5, 5.41) is 8.85. The first-order valence-corrected chi connectivity index (χ1v) is 11.2. The molecule has 2 saturated heterocycles. The zero-order chi connectivity index (χ0) is 16.4. The van der Waals surface area contributed by atoms with Crippen molar-refractivity contribution in [2.45, 2.75) is 23.7 Å². The zero-order valence-electron chi connectivity index (χ0n) is 13.0. The lowest BCUT2D eigenvalue weighted by molar-refractivity contribution is -0.130. The monoisotopic (exact) mass is 376 g/mol. The van der Waals surface area contributed by atoms with Gasteiger partial charge in [-0.15, -0.1) is 10.2 Å². The number of amides is 1. The minimum Gasteiger partial charge on any atom is -0.339 e. The van der Waals surface area contributed by atoms with E-state index in [9.17, 15) is 13.2 Å². The van der Waals surface area contributed by atoms with Gasteiger partial charge >= 0.3 is 0 Å². The van der Waals surface area contributed by atoms with Gasteiger partial charge in [-0.3, -0.25) is 9.69 Å². The third-order valence-electron chi connectivity index (χ3n) is 4.22. The molecule has 1 aromatic rings. The Labute approximate surface area is 144 Å². The Morgan fingerprint density at radius 2 is 2.04 bits per heavy atom. The summed E-state index contributed by atoms with van der Waals surface area (Å²) in [5.74, 6) is 1.07. The van der Waals surface area contributed by atoms with Gasteiger partial charge in [0.25, 0.3) is 0 Å². The normalized spacial score (nSPS) is 24.9. The highest BCUT2D eigenvalue weighted by atomic mass is 32.2. The summed E-state index contributed by atoms with van der Waals surface area (Å²) in [4.78, 5) is 16.3. The van der Waals surface area contributed by atoms with Crippen LogP contribution in [-0.4, -0.2) is 83.8 Å². The highest BCUT2D eigenvalue weighted by Crippen LogP contribution is 2.23. The van der Waals surface area contributed by atoms with Crippen molar-refractivity contribution in [3.8, 4) is 0 Å². The third kappa shape index (κ3) is 4.43. The number of thioether (sulfide) groups is 1. The van der Waals surface area contributed by atoms with Crippen molar-refractivity contribution >= 4 is 38.8 Å². The number of rotatable bonds is 4. The van der Waals surface area contributed by atoms with Crippen LogP contribution >= 0.6 is 23.1 Å². The summed E-state index contributed by atoms with van der Waals surface area (Å²) < 4.78 is 24.0. The van der Waals surface area contributed by atoms with Crippen molar-refractivity contribution in [2.24, 2.45) is 0 Å². The van der Waals surface area contributed by atoms with Crippen LogP contribution in [-0.2, 0) is 14.6 Å². The number of aromatic nitrogens is 2. The fourth-order valence-electron chi connectivity index (χ4n) is 2.95. The molecule has 0 radical (unpaired) electrons. The fraction of sp³-hybridized carbons (Fsp3) is 0.769. The lowest BCUT2D eigenvalue weighted by Gasteiger charge is -2.37. The second-order valence-electron chi connectivity index (χ2n) is 5.85. The second kappa shape index (κ2) is 7.04. The Balaban J connectivity index is 1.44. The molecule has 10 heteroatoms. The average molecular weight is 377 g/mol. The smallest absolute Gasteiger partial charge is 0.233 e. The standard InChI is InChI=1S/C13H20N4O3S3/c1-10-14-15-13(22-10)21-8-12(18)17-5-3-16(4-6-17)11-2-7-23(19,20)9-11/h11H,2-9H2,1H3. The van der Waals surface area contributed by atoms with Gasteiger partial charge < -0.3 is 4.90 Å². The van der Waals surface area contributed by atoms with Crippen LogP contribution in [0.1, 0.15) is 11.4 Å². The molecule has 2 aliphatic heterocycles. The third-order valence-corrected chi connectivity index (χ3v) is 7.93. The number of carbonyl (C=O) groups is 1. The second-order valence-corrected chi connectivity index (χ2v) is 10.5. The van der Waals surface area contributed by atoms with Crippen LogP contribution in [0.3, 0.4) is 0 Å². The van der Waals surface area contributed by atoms with Gasteiger partial charge in [0, 0.05) is 32.2 Å². The molecule has 0 aliphatic carbocycles. The van der Waals surface area contributed by atoms with E-state index in [0.29, 0.717) is 24.6 Å². The van der Waals surface area contributed by atoms with E-state index in [2.05, 4.69) is 15.1 Å². The van der Waals surface area contributed by atoms with Crippen molar-refractivity contribution in [1.82, 2.24) is 20.0 Å². The molecular formula is C13H20N4O3S3. The first-order chi connectivity index (χ1) is 10.9. The van der Waals surface area contributed by atoms with Crippen LogP contribution in [0.5, 0.6) is 0 Å². The number of piperazine rings is 1. The molecule has 2 fully saturated rings. The van der Waals surface area contributed by atoms with Gasteiger partial charge in [-0.1, -0.05) is 23.1 Å². The maximum Gasteiger partial charge on any atom is 0.233 e. The van der Waals surface area contributed by atoms with Crippen molar-refractivity contribution in [3.05, 3.63) is 5.01 Å². The van der Waals surface area contributed by atoms with Gasteiger partial charge in [0.1, 0.15) is 5.01 Å². The predicted octanol–water partition coefficient (Wildman–Crippen LogP) is 0.270. The van der Waals surface area contributed by atoms with Gasteiger partial charge in [-0.2, -0.15) is 0 Å². The quantitative estimate of drug-likeness (QED) is 0.698. The van der Waals surface area contributed by atoms with Crippen LogP contribution in [0, 0.1) is 6.92 Å². The Hall–Kier alpha value is -0.710. The summed E-state index contributed by atoms with van der Waals surface area (Å²) in [6, 6.07) is 0.135. The summed E-state index contributed by atoms with van der Waals surface area (Å²) in [5.41, 5.74) is 0. The maximum absolute atomic E-state index is 12.3. The highest BCUT2D eigenvalue weighted by Gasteiger charge is 2.34. The summed E-state index contributed by atoms with van der Waals surface area (Å²) >= 11 is 2.93. The van der Waals surface area contributed by atoms with Crippen molar-refractivity contribution < 1.29 is 13.2 Å². The van der Waals surface area contributed by atoms with E-state index in [-0.39, 0.29) is 17.7 Å². The molecule has 1 unspecified atom stereocenters. The number of sulfone groups is 1. The topological polar surface area (TPSA) is 83.5 Å². The minimum absolute atomic E-state index is 0.113. The summed E-state index contributed by atoms with van der Waals surface area (Å²) in [7, 11) is -2.85. The molecule has 128 valence electrons. The lowest BCUT2D eigenvalue weighted by Crippen LogP contribution is -2.52. The Morgan fingerprint density at radius 1 is 1.30 bits per heavy atom. The summed E-state index contributed by atoms with van der Waals surface area (Å²) in [6.45, 7) is 4.76. The molecule has 0 saturated carbocycles. The molecule has 0 N–H and O–H groups in total. The van der Waals surface area contributed by atoms with Gasteiger partial charge in [0.05, 0.1) is 17.3 Å². The summed E-state index contributed by atoms with van der Waals surface area (Å²) in [6.07, 6.45) is 0.725. The Morgan fingerprint density at radius 3 is 2.61 bits per heavy atom. The van der Waals surface area contributed by atoms with E-state index < -0.39 is 9.84 Å². The molecule has 3 rings (SSSR count). The van der Waals surface area contributed by atoms with Crippen LogP contribution in [0.25, 0.3) is 0 Å². The Bertz CT molecular complexity index is 668. The first kappa shape index (κ1) is 17.1.